The normalized spacial score (nSPS) is 11.3. The SMILES string of the molecule is CN(CC(=O)NC(C)(C)C)C(=O)CSc1nnnn1-c1ccc(Cl)cc1. The second-order valence-electron chi connectivity index (χ2n) is 6.69. The Labute approximate surface area is 161 Å². The van der Waals surface area contributed by atoms with Crippen LogP contribution in [0.4, 0.5) is 0 Å². The van der Waals surface area contributed by atoms with Crippen LogP contribution < -0.4 is 5.32 Å². The molecule has 1 heterocycles. The van der Waals surface area contributed by atoms with Crippen molar-refractivity contribution >= 4 is 35.2 Å². The summed E-state index contributed by atoms with van der Waals surface area (Å²) in [7, 11) is 1.59. The Morgan fingerprint density at radius 2 is 1.92 bits per heavy atom. The van der Waals surface area contributed by atoms with Gasteiger partial charge in [-0.05, 0) is 55.5 Å². The second-order valence-corrected chi connectivity index (χ2v) is 8.07. The number of amides is 2. The van der Waals surface area contributed by atoms with Gasteiger partial charge in [0.2, 0.25) is 17.0 Å². The molecule has 0 aliphatic rings. The van der Waals surface area contributed by atoms with Gasteiger partial charge < -0.3 is 10.2 Å². The lowest BCUT2D eigenvalue weighted by Gasteiger charge is -2.23. The van der Waals surface area contributed by atoms with Crippen LogP contribution in [-0.2, 0) is 9.59 Å². The molecule has 140 valence electrons. The number of nitrogens with zero attached hydrogens (tertiary/aromatic N) is 5. The predicted octanol–water partition coefficient (Wildman–Crippen LogP) is 1.78. The third-order valence-corrected chi connectivity index (χ3v) is 4.31. The third-order valence-electron chi connectivity index (χ3n) is 3.16. The average Bonchev–Trinajstić information content (AvgIpc) is 2.99. The van der Waals surface area contributed by atoms with Gasteiger partial charge in [-0.2, -0.15) is 4.68 Å². The molecule has 1 aromatic carbocycles. The highest BCUT2D eigenvalue weighted by Gasteiger charge is 2.19. The van der Waals surface area contributed by atoms with E-state index in [4.69, 9.17) is 11.6 Å². The minimum Gasteiger partial charge on any atom is -0.350 e. The van der Waals surface area contributed by atoms with E-state index >= 15 is 0 Å². The molecule has 0 aliphatic heterocycles. The van der Waals surface area contributed by atoms with E-state index in [1.54, 1.807) is 31.3 Å². The summed E-state index contributed by atoms with van der Waals surface area (Å²) < 4.78 is 1.53. The topological polar surface area (TPSA) is 93.0 Å². The minimum absolute atomic E-state index is 0.00120. The number of benzene rings is 1. The molecule has 0 saturated carbocycles. The molecule has 1 N–H and O–H groups in total. The van der Waals surface area contributed by atoms with Crippen molar-refractivity contribution in [3.8, 4) is 5.69 Å². The first-order valence-electron chi connectivity index (χ1n) is 7.88. The minimum atomic E-state index is -0.337. The van der Waals surface area contributed by atoms with Crippen molar-refractivity contribution in [2.45, 2.75) is 31.5 Å². The van der Waals surface area contributed by atoms with Crippen LogP contribution in [0.25, 0.3) is 5.69 Å². The van der Waals surface area contributed by atoms with Gasteiger partial charge in [-0.3, -0.25) is 9.59 Å². The maximum Gasteiger partial charge on any atom is 0.240 e. The summed E-state index contributed by atoms with van der Waals surface area (Å²) in [5.41, 5.74) is 0.406. The maximum atomic E-state index is 12.3. The molecule has 2 amide bonds. The van der Waals surface area contributed by atoms with E-state index in [2.05, 4.69) is 20.8 Å². The lowest BCUT2D eigenvalue weighted by atomic mass is 10.1. The molecule has 26 heavy (non-hydrogen) atoms. The summed E-state index contributed by atoms with van der Waals surface area (Å²) in [6, 6.07) is 7.04. The fourth-order valence-corrected chi connectivity index (χ4v) is 2.97. The van der Waals surface area contributed by atoms with E-state index in [-0.39, 0.29) is 29.7 Å². The lowest BCUT2D eigenvalue weighted by molar-refractivity contribution is -0.133. The van der Waals surface area contributed by atoms with Crippen molar-refractivity contribution in [2.75, 3.05) is 19.3 Å². The number of tetrazole rings is 1. The number of hydrogen-bond acceptors (Lipinski definition) is 6. The molecular weight excluding hydrogens is 376 g/mol. The Bertz CT molecular complexity index is 772. The molecular formula is C16H21ClN6O2S. The standard InChI is InChI=1S/C16H21ClN6O2S/c1-16(2,3)18-13(24)9-22(4)14(25)10-26-15-19-20-21-23(15)12-7-5-11(17)6-8-12/h5-8H,9-10H2,1-4H3,(H,18,24). The second kappa shape index (κ2) is 8.50. The Morgan fingerprint density at radius 1 is 1.27 bits per heavy atom. The van der Waals surface area contributed by atoms with Crippen LogP contribution in [0.5, 0.6) is 0 Å². The van der Waals surface area contributed by atoms with Crippen molar-refractivity contribution in [1.82, 2.24) is 30.4 Å². The van der Waals surface area contributed by atoms with Crippen LogP contribution in [-0.4, -0.2) is 61.8 Å². The zero-order valence-electron chi connectivity index (χ0n) is 15.1. The van der Waals surface area contributed by atoms with Crippen molar-refractivity contribution in [3.63, 3.8) is 0 Å². The smallest absolute Gasteiger partial charge is 0.240 e. The number of aromatic nitrogens is 4. The summed E-state index contributed by atoms with van der Waals surface area (Å²) in [6.45, 7) is 5.66. The van der Waals surface area contributed by atoms with Gasteiger partial charge in [0.15, 0.2) is 0 Å². The van der Waals surface area contributed by atoms with Crippen LogP contribution in [0.15, 0.2) is 29.4 Å². The molecule has 0 spiro atoms. The fraction of sp³-hybridized carbons (Fsp3) is 0.438. The third kappa shape index (κ3) is 5.99. The Kier molecular flexibility index (Phi) is 6.60. The monoisotopic (exact) mass is 396 g/mol. The van der Waals surface area contributed by atoms with E-state index < -0.39 is 0 Å². The van der Waals surface area contributed by atoms with Gasteiger partial charge >= 0.3 is 0 Å². The first-order chi connectivity index (χ1) is 12.2. The van der Waals surface area contributed by atoms with Gasteiger partial charge in [-0.1, -0.05) is 23.4 Å². The molecule has 0 fully saturated rings. The summed E-state index contributed by atoms with van der Waals surface area (Å²) in [5, 5.41) is 15.4. The molecule has 2 aromatic rings. The van der Waals surface area contributed by atoms with Gasteiger partial charge in [0.05, 0.1) is 18.0 Å². The van der Waals surface area contributed by atoms with Gasteiger partial charge in [0, 0.05) is 17.6 Å². The van der Waals surface area contributed by atoms with E-state index in [9.17, 15) is 9.59 Å². The molecule has 1 aromatic heterocycles. The molecule has 0 bridgehead atoms. The van der Waals surface area contributed by atoms with Crippen molar-refractivity contribution in [2.24, 2.45) is 0 Å². The number of halogens is 1. The molecule has 0 aliphatic carbocycles. The Hall–Kier alpha value is -2.13. The number of thioether (sulfide) groups is 1. The van der Waals surface area contributed by atoms with Gasteiger partial charge in [-0.25, -0.2) is 0 Å². The number of carbonyl (C=O) groups is 2. The van der Waals surface area contributed by atoms with Gasteiger partial charge in [0.1, 0.15) is 0 Å². The molecule has 0 unspecified atom stereocenters. The molecule has 0 saturated heterocycles. The summed E-state index contributed by atoms with van der Waals surface area (Å²) in [5.74, 6) is -0.276. The summed E-state index contributed by atoms with van der Waals surface area (Å²) in [6.07, 6.45) is 0. The number of carbonyl (C=O) groups excluding carboxylic acids is 2. The number of hydrogen-bond donors (Lipinski definition) is 1. The maximum absolute atomic E-state index is 12.3. The van der Waals surface area contributed by atoms with Crippen LogP contribution >= 0.6 is 23.4 Å². The predicted molar refractivity (Wildman–Crippen MR) is 100 cm³/mol. The Morgan fingerprint density at radius 3 is 2.54 bits per heavy atom. The molecule has 0 atom stereocenters. The highest BCUT2D eigenvalue weighted by Crippen LogP contribution is 2.19. The van der Waals surface area contributed by atoms with E-state index in [0.29, 0.717) is 10.2 Å². The number of rotatable bonds is 6. The zero-order valence-corrected chi connectivity index (χ0v) is 16.6. The molecule has 8 nitrogen and oxygen atoms in total. The van der Waals surface area contributed by atoms with Crippen molar-refractivity contribution < 1.29 is 9.59 Å². The largest absolute Gasteiger partial charge is 0.350 e. The fourth-order valence-electron chi connectivity index (χ4n) is 2.01. The first kappa shape index (κ1) is 20.2. The van der Waals surface area contributed by atoms with Crippen LogP contribution in [0.1, 0.15) is 20.8 Å². The number of likely N-dealkylation sites (N-methyl/N-ethyl adjacent to an activating group) is 1. The highest BCUT2D eigenvalue weighted by atomic mass is 35.5. The van der Waals surface area contributed by atoms with E-state index in [1.165, 1.54) is 21.3 Å². The molecule has 10 heteroatoms. The van der Waals surface area contributed by atoms with E-state index in [0.717, 1.165) is 5.69 Å². The van der Waals surface area contributed by atoms with Crippen LogP contribution in [0, 0.1) is 0 Å². The van der Waals surface area contributed by atoms with E-state index in [1.807, 2.05) is 20.8 Å². The highest BCUT2D eigenvalue weighted by molar-refractivity contribution is 7.99. The van der Waals surface area contributed by atoms with Crippen LogP contribution in [0.2, 0.25) is 5.02 Å². The van der Waals surface area contributed by atoms with Gasteiger partial charge in [-0.15, -0.1) is 5.10 Å². The Balaban J connectivity index is 1.93. The van der Waals surface area contributed by atoms with Gasteiger partial charge in [0.25, 0.3) is 0 Å². The summed E-state index contributed by atoms with van der Waals surface area (Å²) in [4.78, 5) is 25.6. The number of nitrogens with one attached hydrogen (secondary N) is 1. The summed E-state index contributed by atoms with van der Waals surface area (Å²) >= 11 is 7.08. The first-order valence-corrected chi connectivity index (χ1v) is 9.24. The molecule has 2 rings (SSSR count). The zero-order chi connectivity index (χ0) is 19.3. The lowest BCUT2D eigenvalue weighted by Crippen LogP contribution is -2.46. The van der Waals surface area contributed by atoms with Crippen LogP contribution in [0.3, 0.4) is 0 Å². The quantitative estimate of drug-likeness (QED) is 0.748. The van der Waals surface area contributed by atoms with Crippen molar-refractivity contribution in [3.05, 3.63) is 29.3 Å². The van der Waals surface area contributed by atoms with Crippen molar-refractivity contribution in [1.29, 1.82) is 0 Å². The molecule has 0 radical (unpaired) electrons. The average molecular weight is 397 g/mol.